The van der Waals surface area contributed by atoms with Gasteiger partial charge in [-0.1, -0.05) is 6.42 Å². The van der Waals surface area contributed by atoms with Gasteiger partial charge in [-0.3, -0.25) is 9.36 Å². The molecule has 0 bridgehead atoms. The summed E-state index contributed by atoms with van der Waals surface area (Å²) in [4.78, 5) is 20.5. The molecule has 2 aromatic heterocycles. The van der Waals surface area contributed by atoms with E-state index < -0.39 is 0 Å². The van der Waals surface area contributed by atoms with Crippen LogP contribution in [0.5, 0.6) is 0 Å². The fraction of sp³-hybridized carbons (Fsp3) is 0.400. The van der Waals surface area contributed by atoms with Gasteiger partial charge in [-0.15, -0.1) is 0 Å². The van der Waals surface area contributed by atoms with E-state index in [4.69, 9.17) is 5.73 Å². The minimum Gasteiger partial charge on any atom is -0.349 e. The molecule has 6 heteroatoms. The number of carbonyl (C=O) groups is 1. The molecule has 3 N–H and O–H groups in total. The van der Waals surface area contributed by atoms with Crippen LogP contribution in [0.2, 0.25) is 0 Å². The lowest BCUT2D eigenvalue weighted by Gasteiger charge is -2.19. The number of pyridine rings is 1. The third-order valence-electron chi connectivity index (χ3n) is 4.06. The maximum absolute atomic E-state index is 12.2. The van der Waals surface area contributed by atoms with Gasteiger partial charge >= 0.3 is 0 Å². The Morgan fingerprint density at radius 3 is 3.00 bits per heavy atom. The van der Waals surface area contributed by atoms with Crippen molar-refractivity contribution in [3.05, 3.63) is 42.6 Å². The molecule has 21 heavy (non-hydrogen) atoms. The van der Waals surface area contributed by atoms with Crippen molar-refractivity contribution in [3.63, 3.8) is 0 Å². The maximum atomic E-state index is 12.2. The lowest BCUT2D eigenvalue weighted by atomic mass is 10.0. The summed E-state index contributed by atoms with van der Waals surface area (Å²) in [5.41, 5.74) is 6.31. The summed E-state index contributed by atoms with van der Waals surface area (Å²) >= 11 is 0. The van der Waals surface area contributed by atoms with Gasteiger partial charge in [0.1, 0.15) is 12.1 Å². The summed E-state index contributed by atoms with van der Waals surface area (Å²) in [6.07, 6.45) is 10.0. The summed E-state index contributed by atoms with van der Waals surface area (Å²) in [5, 5.41) is 3.07. The zero-order valence-corrected chi connectivity index (χ0v) is 11.8. The average Bonchev–Trinajstić information content (AvgIpc) is 3.18. The monoisotopic (exact) mass is 285 g/mol. The molecule has 3 rings (SSSR count). The number of imidazole rings is 1. The standard InChI is InChI=1S/C15H19N5O/c16-8-11-2-1-3-13(11)19-15(21)12-4-5-14(18-9-12)20-7-6-17-10-20/h4-7,9-11,13H,1-3,8,16H2,(H,19,21). The second-order valence-electron chi connectivity index (χ2n) is 5.38. The highest BCUT2D eigenvalue weighted by Crippen LogP contribution is 2.24. The Labute approximate surface area is 123 Å². The van der Waals surface area contributed by atoms with Crippen molar-refractivity contribution in [1.82, 2.24) is 19.9 Å². The molecule has 0 aliphatic heterocycles. The van der Waals surface area contributed by atoms with Gasteiger partial charge in [-0.2, -0.15) is 0 Å². The minimum absolute atomic E-state index is 0.0787. The van der Waals surface area contributed by atoms with Gasteiger partial charge in [0, 0.05) is 24.6 Å². The van der Waals surface area contributed by atoms with E-state index in [1.807, 2.05) is 12.3 Å². The fourth-order valence-corrected chi connectivity index (χ4v) is 2.83. The van der Waals surface area contributed by atoms with Crippen LogP contribution in [0.15, 0.2) is 37.1 Å². The number of hydrogen-bond acceptors (Lipinski definition) is 4. The molecule has 2 aromatic rings. The third-order valence-corrected chi connectivity index (χ3v) is 4.06. The van der Waals surface area contributed by atoms with Crippen LogP contribution >= 0.6 is 0 Å². The van der Waals surface area contributed by atoms with Crippen LogP contribution in [0, 0.1) is 5.92 Å². The molecule has 1 amide bonds. The van der Waals surface area contributed by atoms with Gasteiger partial charge in [0.15, 0.2) is 0 Å². The number of nitrogens with zero attached hydrogens (tertiary/aromatic N) is 3. The van der Waals surface area contributed by atoms with Crippen molar-refractivity contribution in [2.75, 3.05) is 6.54 Å². The Kier molecular flexibility index (Phi) is 3.96. The Morgan fingerprint density at radius 2 is 2.33 bits per heavy atom. The molecule has 1 aliphatic carbocycles. The van der Waals surface area contributed by atoms with Crippen molar-refractivity contribution in [3.8, 4) is 5.82 Å². The van der Waals surface area contributed by atoms with Crippen molar-refractivity contribution >= 4 is 5.91 Å². The van der Waals surface area contributed by atoms with Crippen LogP contribution in [-0.2, 0) is 0 Å². The highest BCUT2D eigenvalue weighted by Gasteiger charge is 2.27. The Balaban J connectivity index is 1.68. The molecule has 1 fully saturated rings. The van der Waals surface area contributed by atoms with E-state index in [1.165, 1.54) is 0 Å². The Hall–Kier alpha value is -2.21. The van der Waals surface area contributed by atoms with Gasteiger partial charge in [-0.05, 0) is 37.4 Å². The SMILES string of the molecule is NCC1CCCC1NC(=O)c1ccc(-n2ccnc2)nc1. The van der Waals surface area contributed by atoms with Crippen LogP contribution in [0.25, 0.3) is 5.82 Å². The highest BCUT2D eigenvalue weighted by molar-refractivity contribution is 5.94. The lowest BCUT2D eigenvalue weighted by molar-refractivity contribution is 0.0928. The van der Waals surface area contributed by atoms with Crippen LogP contribution < -0.4 is 11.1 Å². The zero-order valence-electron chi connectivity index (χ0n) is 11.8. The minimum atomic E-state index is -0.0787. The normalized spacial score (nSPS) is 21.4. The number of nitrogens with one attached hydrogen (secondary N) is 1. The van der Waals surface area contributed by atoms with E-state index in [0.717, 1.165) is 25.1 Å². The van der Waals surface area contributed by atoms with Crippen LogP contribution in [0.1, 0.15) is 29.6 Å². The van der Waals surface area contributed by atoms with E-state index in [0.29, 0.717) is 18.0 Å². The van der Waals surface area contributed by atoms with Crippen LogP contribution in [0.3, 0.4) is 0 Å². The second-order valence-corrected chi connectivity index (χ2v) is 5.38. The molecular weight excluding hydrogens is 266 g/mol. The van der Waals surface area contributed by atoms with Crippen molar-refractivity contribution in [1.29, 1.82) is 0 Å². The summed E-state index contributed by atoms with van der Waals surface area (Å²) < 4.78 is 1.79. The van der Waals surface area contributed by atoms with Crippen molar-refractivity contribution in [2.24, 2.45) is 11.7 Å². The molecule has 0 aromatic carbocycles. The topological polar surface area (TPSA) is 85.8 Å². The molecule has 2 unspecified atom stereocenters. The molecule has 0 spiro atoms. The summed E-state index contributed by atoms with van der Waals surface area (Å²) in [7, 11) is 0. The third kappa shape index (κ3) is 2.95. The summed E-state index contributed by atoms with van der Waals surface area (Å²) in [6.45, 7) is 0.628. The number of carbonyl (C=O) groups excluding carboxylic acids is 1. The Morgan fingerprint density at radius 1 is 1.43 bits per heavy atom. The van der Waals surface area contributed by atoms with Crippen LogP contribution in [0.4, 0.5) is 0 Å². The number of aromatic nitrogens is 3. The molecular formula is C15H19N5O. The first-order chi connectivity index (χ1) is 10.3. The molecule has 0 saturated heterocycles. The number of amides is 1. The number of nitrogens with two attached hydrogens (primary N) is 1. The lowest BCUT2D eigenvalue weighted by Crippen LogP contribution is -2.39. The molecule has 110 valence electrons. The number of hydrogen-bond donors (Lipinski definition) is 2. The van der Waals surface area contributed by atoms with Crippen molar-refractivity contribution in [2.45, 2.75) is 25.3 Å². The molecule has 1 aliphatic rings. The van der Waals surface area contributed by atoms with E-state index in [-0.39, 0.29) is 11.9 Å². The van der Waals surface area contributed by atoms with Gasteiger partial charge in [-0.25, -0.2) is 9.97 Å². The van der Waals surface area contributed by atoms with Gasteiger partial charge < -0.3 is 11.1 Å². The fourth-order valence-electron chi connectivity index (χ4n) is 2.83. The van der Waals surface area contributed by atoms with Crippen LogP contribution in [-0.4, -0.2) is 33.0 Å². The average molecular weight is 285 g/mol. The van der Waals surface area contributed by atoms with Crippen molar-refractivity contribution < 1.29 is 4.79 Å². The highest BCUT2D eigenvalue weighted by atomic mass is 16.1. The Bertz CT molecular complexity index is 593. The predicted octanol–water partition coefficient (Wildman–Crippen LogP) is 1.12. The zero-order chi connectivity index (χ0) is 14.7. The first-order valence-corrected chi connectivity index (χ1v) is 7.23. The van der Waals surface area contributed by atoms with Gasteiger partial charge in [0.05, 0.1) is 5.56 Å². The molecule has 0 radical (unpaired) electrons. The van der Waals surface area contributed by atoms with E-state index >= 15 is 0 Å². The molecule has 2 heterocycles. The predicted molar refractivity (Wildman–Crippen MR) is 79.0 cm³/mol. The molecule has 2 atom stereocenters. The smallest absolute Gasteiger partial charge is 0.253 e. The summed E-state index contributed by atoms with van der Waals surface area (Å²) in [6, 6.07) is 3.78. The van der Waals surface area contributed by atoms with Gasteiger partial charge in [0.2, 0.25) is 0 Å². The molecule has 6 nitrogen and oxygen atoms in total. The largest absolute Gasteiger partial charge is 0.349 e. The van der Waals surface area contributed by atoms with E-state index in [2.05, 4.69) is 15.3 Å². The first-order valence-electron chi connectivity index (χ1n) is 7.23. The maximum Gasteiger partial charge on any atom is 0.253 e. The molecule has 1 saturated carbocycles. The quantitative estimate of drug-likeness (QED) is 0.881. The summed E-state index contributed by atoms with van der Waals surface area (Å²) in [5.74, 6) is 1.06. The second kappa shape index (κ2) is 6.05. The van der Waals surface area contributed by atoms with Gasteiger partial charge in [0.25, 0.3) is 5.91 Å². The van der Waals surface area contributed by atoms with E-state index in [1.54, 1.807) is 29.4 Å². The van der Waals surface area contributed by atoms with E-state index in [9.17, 15) is 4.79 Å². The number of rotatable bonds is 4. The first kappa shape index (κ1) is 13.8.